The Balaban J connectivity index is 1.65. The molecule has 3 rings (SSSR count). The van der Waals surface area contributed by atoms with Crippen molar-refractivity contribution in [2.75, 3.05) is 5.75 Å². The molecule has 1 aliphatic heterocycles. The van der Waals surface area contributed by atoms with Crippen molar-refractivity contribution in [3.05, 3.63) is 36.5 Å². The van der Waals surface area contributed by atoms with E-state index in [-0.39, 0.29) is 11.8 Å². The molecule has 3 heterocycles. The van der Waals surface area contributed by atoms with Gasteiger partial charge in [-0.2, -0.15) is 5.10 Å². The largest absolute Gasteiger partial charge is 0.350 e. The molecule has 2 aromatic heterocycles. The van der Waals surface area contributed by atoms with E-state index in [1.165, 1.54) is 18.1 Å². The van der Waals surface area contributed by atoms with Crippen LogP contribution in [0.2, 0.25) is 0 Å². The number of amides is 2. The maximum atomic E-state index is 12.3. The second kappa shape index (κ2) is 6.60. The van der Waals surface area contributed by atoms with Gasteiger partial charge in [-0.1, -0.05) is 6.07 Å². The molecule has 1 saturated heterocycles. The highest BCUT2D eigenvalue weighted by Gasteiger charge is 2.37. The second-order valence-electron chi connectivity index (χ2n) is 5.89. The molecular formula is C15H18N6O2S. The first-order valence-corrected chi connectivity index (χ1v) is 8.47. The van der Waals surface area contributed by atoms with Crippen molar-refractivity contribution >= 4 is 23.6 Å². The molecule has 0 spiro atoms. The van der Waals surface area contributed by atoms with Crippen LogP contribution in [0.3, 0.4) is 0 Å². The van der Waals surface area contributed by atoms with Crippen molar-refractivity contribution in [2.24, 2.45) is 0 Å². The Hall–Kier alpha value is -2.42. The average Bonchev–Trinajstić information content (AvgIpc) is 3.10. The molecule has 2 amide bonds. The zero-order chi connectivity index (χ0) is 17.2. The maximum Gasteiger partial charge on any atom is 0.243 e. The fourth-order valence-corrected chi connectivity index (χ4v) is 3.28. The predicted octanol–water partition coefficient (Wildman–Crippen LogP) is 0.289. The number of nitrogens with one attached hydrogen (secondary N) is 2. The van der Waals surface area contributed by atoms with E-state index in [9.17, 15) is 9.59 Å². The molecular weight excluding hydrogens is 328 g/mol. The minimum absolute atomic E-state index is 0.122. The summed E-state index contributed by atoms with van der Waals surface area (Å²) in [6.07, 6.45) is 4.63. The first-order valence-electron chi connectivity index (χ1n) is 7.49. The van der Waals surface area contributed by atoms with Crippen LogP contribution in [0, 0.1) is 0 Å². The molecule has 0 saturated carbocycles. The van der Waals surface area contributed by atoms with Crippen LogP contribution in [0.25, 0.3) is 5.82 Å². The van der Waals surface area contributed by atoms with Crippen LogP contribution in [0.15, 0.2) is 31.0 Å². The number of carbonyl (C=O) groups excluding carboxylic acids is 2. The third-order valence-electron chi connectivity index (χ3n) is 3.74. The van der Waals surface area contributed by atoms with Gasteiger partial charge in [0.15, 0.2) is 5.82 Å². The Morgan fingerprint density at radius 3 is 3.08 bits per heavy atom. The SMILES string of the molecule is CC1(C)SC[C@@H](C(=O)NCc2cccnc2-n2cncn2)NC1=O. The number of hydrogen-bond donors (Lipinski definition) is 2. The van der Waals surface area contributed by atoms with Gasteiger partial charge in [0, 0.05) is 24.1 Å². The third kappa shape index (κ3) is 3.40. The van der Waals surface area contributed by atoms with Gasteiger partial charge in [0.05, 0.1) is 4.75 Å². The summed E-state index contributed by atoms with van der Waals surface area (Å²) < 4.78 is 1.04. The van der Waals surface area contributed by atoms with Crippen LogP contribution in [0.5, 0.6) is 0 Å². The van der Waals surface area contributed by atoms with Crippen LogP contribution in [-0.4, -0.2) is 48.1 Å². The summed E-state index contributed by atoms with van der Waals surface area (Å²) in [6, 6.07) is 3.13. The summed E-state index contributed by atoms with van der Waals surface area (Å²) >= 11 is 1.48. The van der Waals surface area contributed by atoms with E-state index in [1.54, 1.807) is 23.3 Å². The van der Waals surface area contributed by atoms with Crippen LogP contribution in [0.1, 0.15) is 19.4 Å². The lowest BCUT2D eigenvalue weighted by molar-refractivity contribution is -0.129. The summed E-state index contributed by atoms with van der Waals surface area (Å²) in [7, 11) is 0. The quantitative estimate of drug-likeness (QED) is 0.825. The van der Waals surface area contributed by atoms with E-state index in [4.69, 9.17) is 0 Å². The smallest absolute Gasteiger partial charge is 0.243 e. The van der Waals surface area contributed by atoms with Gasteiger partial charge < -0.3 is 10.6 Å². The highest BCUT2D eigenvalue weighted by molar-refractivity contribution is 8.01. The van der Waals surface area contributed by atoms with Crippen LogP contribution in [-0.2, 0) is 16.1 Å². The Kier molecular flexibility index (Phi) is 4.52. The summed E-state index contributed by atoms with van der Waals surface area (Å²) in [5.74, 6) is 0.829. The zero-order valence-corrected chi connectivity index (χ0v) is 14.2. The van der Waals surface area contributed by atoms with Crippen molar-refractivity contribution in [1.29, 1.82) is 0 Å². The van der Waals surface area contributed by atoms with Gasteiger partial charge >= 0.3 is 0 Å². The molecule has 0 bridgehead atoms. The lowest BCUT2D eigenvalue weighted by atomic mass is 10.1. The summed E-state index contributed by atoms with van der Waals surface area (Å²) in [4.78, 5) is 32.5. The Morgan fingerprint density at radius 2 is 2.38 bits per heavy atom. The molecule has 1 aliphatic rings. The number of carbonyl (C=O) groups is 2. The maximum absolute atomic E-state index is 12.3. The van der Waals surface area contributed by atoms with Gasteiger partial charge in [-0.3, -0.25) is 9.59 Å². The Morgan fingerprint density at radius 1 is 1.54 bits per heavy atom. The molecule has 0 radical (unpaired) electrons. The van der Waals surface area contributed by atoms with Crippen LogP contribution in [0.4, 0.5) is 0 Å². The van der Waals surface area contributed by atoms with E-state index in [0.717, 1.165) is 5.56 Å². The van der Waals surface area contributed by atoms with Crippen LogP contribution < -0.4 is 10.6 Å². The molecule has 9 heteroatoms. The van der Waals surface area contributed by atoms with Crippen molar-refractivity contribution in [3.8, 4) is 5.82 Å². The highest BCUT2D eigenvalue weighted by Crippen LogP contribution is 2.29. The number of rotatable bonds is 4. The molecule has 126 valence electrons. The summed E-state index contributed by atoms with van der Waals surface area (Å²) in [6.45, 7) is 3.99. The first-order chi connectivity index (χ1) is 11.5. The van der Waals surface area contributed by atoms with Gasteiger partial charge in [-0.25, -0.2) is 14.6 Å². The minimum Gasteiger partial charge on any atom is -0.350 e. The number of nitrogens with zero attached hydrogens (tertiary/aromatic N) is 4. The highest BCUT2D eigenvalue weighted by atomic mass is 32.2. The van der Waals surface area contributed by atoms with E-state index < -0.39 is 10.8 Å². The van der Waals surface area contributed by atoms with E-state index in [0.29, 0.717) is 18.1 Å². The van der Waals surface area contributed by atoms with Gasteiger partial charge in [0.2, 0.25) is 11.8 Å². The third-order valence-corrected chi connectivity index (χ3v) is 5.14. The van der Waals surface area contributed by atoms with Gasteiger partial charge in [0.1, 0.15) is 18.7 Å². The van der Waals surface area contributed by atoms with E-state index in [1.807, 2.05) is 19.9 Å². The number of hydrogen-bond acceptors (Lipinski definition) is 6. The van der Waals surface area contributed by atoms with Gasteiger partial charge in [-0.05, 0) is 19.9 Å². The van der Waals surface area contributed by atoms with Crippen molar-refractivity contribution < 1.29 is 9.59 Å². The van der Waals surface area contributed by atoms with Crippen molar-refractivity contribution in [2.45, 2.75) is 31.2 Å². The fraction of sp³-hybridized carbons (Fsp3) is 0.400. The Labute approximate surface area is 143 Å². The second-order valence-corrected chi connectivity index (χ2v) is 7.53. The standard InChI is InChI=1S/C15H18N6O2S/c1-15(2)14(23)20-11(7-24-15)13(22)18-6-10-4-3-5-17-12(10)21-9-16-8-19-21/h3-5,8-9,11H,6-7H2,1-2H3,(H,18,22)(H,20,23)/t11-/m0/s1. The minimum atomic E-state index is -0.526. The first kappa shape index (κ1) is 16.4. The fourth-order valence-electron chi connectivity index (χ4n) is 2.27. The molecule has 1 fully saturated rings. The van der Waals surface area contributed by atoms with Gasteiger partial charge in [-0.15, -0.1) is 11.8 Å². The van der Waals surface area contributed by atoms with E-state index >= 15 is 0 Å². The van der Waals surface area contributed by atoms with Crippen molar-refractivity contribution in [3.63, 3.8) is 0 Å². The lowest BCUT2D eigenvalue weighted by Gasteiger charge is -2.32. The molecule has 0 aliphatic carbocycles. The molecule has 2 aromatic rings. The summed E-state index contributed by atoms with van der Waals surface area (Å²) in [5, 5.41) is 9.68. The molecule has 0 unspecified atom stereocenters. The predicted molar refractivity (Wildman–Crippen MR) is 89.5 cm³/mol. The molecule has 1 atom stereocenters. The number of thioether (sulfide) groups is 1. The Bertz CT molecular complexity index is 746. The normalized spacial score (nSPS) is 19.6. The monoisotopic (exact) mass is 346 g/mol. The number of aromatic nitrogens is 4. The average molecular weight is 346 g/mol. The van der Waals surface area contributed by atoms with E-state index in [2.05, 4.69) is 25.7 Å². The van der Waals surface area contributed by atoms with Crippen molar-refractivity contribution in [1.82, 2.24) is 30.4 Å². The molecule has 8 nitrogen and oxygen atoms in total. The molecule has 24 heavy (non-hydrogen) atoms. The van der Waals surface area contributed by atoms with Crippen LogP contribution >= 0.6 is 11.8 Å². The van der Waals surface area contributed by atoms with Gasteiger partial charge in [0.25, 0.3) is 0 Å². The zero-order valence-electron chi connectivity index (χ0n) is 13.4. The lowest BCUT2D eigenvalue weighted by Crippen LogP contribution is -2.57. The molecule has 0 aromatic carbocycles. The molecule has 2 N–H and O–H groups in total. The summed E-state index contributed by atoms with van der Waals surface area (Å²) in [5.41, 5.74) is 0.812. The topological polar surface area (TPSA) is 102 Å². The number of pyridine rings is 1.